The van der Waals surface area contributed by atoms with Crippen LogP contribution in [0.5, 0.6) is 0 Å². The molecule has 2 heterocycles. The Bertz CT molecular complexity index is 3270. The van der Waals surface area contributed by atoms with Crippen molar-refractivity contribution < 1.29 is 0 Å². The van der Waals surface area contributed by atoms with E-state index in [0.717, 1.165) is 27.6 Å². The molecule has 0 saturated heterocycles. The van der Waals surface area contributed by atoms with Crippen LogP contribution in [0.1, 0.15) is 0 Å². The number of imidazole rings is 1. The van der Waals surface area contributed by atoms with Crippen molar-refractivity contribution in [2.75, 3.05) is 0 Å². The summed E-state index contributed by atoms with van der Waals surface area (Å²) in [6.07, 6.45) is 0. The molecule has 2 nitrogen and oxygen atoms in total. The molecule has 0 N–H and O–H groups in total. The number of pyridine rings is 1. The molecule has 9 aromatic carbocycles. The molecule has 53 heavy (non-hydrogen) atoms. The molecule has 2 aromatic heterocycles. The zero-order chi connectivity index (χ0) is 35.1. The third-order valence-corrected chi connectivity index (χ3v) is 18.0. The predicted octanol–water partition coefficient (Wildman–Crippen LogP) is 11.3. The number of nitrogens with zero attached hydrogens (tertiary/aromatic N) is 2. The number of benzene rings is 9. The second-order valence-electron chi connectivity index (χ2n) is 13.9. The fraction of sp³-hybridized carbons (Fsp3) is 0. The molecular weight excluding hydrogens is 726 g/mol. The third-order valence-electron chi connectivity index (χ3n) is 11.0. The Morgan fingerprint density at radius 2 is 1.06 bits per heavy atom. The van der Waals surface area contributed by atoms with Gasteiger partial charge in [0.1, 0.15) is 0 Å². The van der Waals surface area contributed by atoms with E-state index in [1.54, 1.807) is 0 Å². The first-order valence-electron chi connectivity index (χ1n) is 18.0. The van der Waals surface area contributed by atoms with Gasteiger partial charge in [0.2, 0.25) is 0 Å². The van der Waals surface area contributed by atoms with E-state index >= 15 is 0 Å². The van der Waals surface area contributed by atoms with Crippen LogP contribution < -0.4 is 15.9 Å². The van der Waals surface area contributed by atoms with Gasteiger partial charge in [-0.3, -0.25) is 0 Å². The van der Waals surface area contributed by atoms with E-state index in [1.807, 2.05) is 0 Å². The average Bonchev–Trinajstić information content (AvgIpc) is 3.62. The minimum atomic E-state index is -2.10. The molecular formula is C49H31N2PSe. The number of rotatable bonds is 4. The molecule has 0 unspecified atom stereocenters. The summed E-state index contributed by atoms with van der Waals surface area (Å²) in [4.78, 5) is 5.38. The van der Waals surface area contributed by atoms with Crippen molar-refractivity contribution in [3.8, 4) is 11.1 Å². The van der Waals surface area contributed by atoms with Gasteiger partial charge in [-0.25, -0.2) is 0 Å². The quantitative estimate of drug-likeness (QED) is 0.0993. The second kappa shape index (κ2) is 11.9. The molecule has 0 aliphatic rings. The van der Waals surface area contributed by atoms with Gasteiger partial charge in [0.25, 0.3) is 0 Å². The van der Waals surface area contributed by atoms with Crippen molar-refractivity contribution in [2.24, 2.45) is 0 Å². The number of fused-ring (bicyclic) bond motifs is 13. The van der Waals surface area contributed by atoms with Gasteiger partial charge >= 0.3 is 268 Å². The molecule has 0 radical (unpaired) electrons. The van der Waals surface area contributed by atoms with Crippen molar-refractivity contribution in [3.63, 3.8) is 0 Å². The molecule has 0 aliphatic carbocycles. The summed E-state index contributed by atoms with van der Waals surface area (Å²) in [5, 5.41) is 15.1. The summed E-state index contributed by atoms with van der Waals surface area (Å²) >= 11 is 3.80. The Labute approximate surface area is 314 Å². The Morgan fingerprint density at radius 1 is 0.415 bits per heavy atom. The van der Waals surface area contributed by atoms with Crippen molar-refractivity contribution in [1.82, 2.24) is 9.38 Å². The van der Waals surface area contributed by atoms with Crippen LogP contribution >= 0.6 is 5.51 Å². The van der Waals surface area contributed by atoms with Gasteiger partial charge in [-0.2, -0.15) is 0 Å². The summed E-state index contributed by atoms with van der Waals surface area (Å²) in [6, 6.07) is 69.1. The zero-order valence-corrected chi connectivity index (χ0v) is 31.3. The SMILES string of the molecule is [Se]=P(c1ccccc1)(c1ccccc1)c1ccc2c(c1)c1c3ccccc3ccc1c1nc3ccc(-c4cc5ccccc5c5ccccc45)cc3n21. The van der Waals surface area contributed by atoms with Gasteiger partial charge < -0.3 is 0 Å². The monoisotopic (exact) mass is 758 g/mol. The van der Waals surface area contributed by atoms with E-state index in [-0.39, 0.29) is 0 Å². The summed E-state index contributed by atoms with van der Waals surface area (Å²) < 4.78 is 2.41. The van der Waals surface area contributed by atoms with Gasteiger partial charge in [0.05, 0.1) is 0 Å². The Morgan fingerprint density at radius 3 is 1.81 bits per heavy atom. The Balaban J connectivity index is 1.26. The molecule has 11 aromatic rings. The van der Waals surface area contributed by atoms with Crippen LogP contribution in [0.4, 0.5) is 0 Å². The summed E-state index contributed by atoms with van der Waals surface area (Å²) in [7, 11) is 0. The fourth-order valence-electron chi connectivity index (χ4n) is 8.55. The number of hydrogen-bond donors (Lipinski definition) is 0. The molecule has 0 amide bonds. The topological polar surface area (TPSA) is 17.3 Å². The first-order chi connectivity index (χ1) is 26.2. The minimum absolute atomic E-state index is 0.983. The van der Waals surface area contributed by atoms with Crippen LogP contribution in [0.2, 0.25) is 0 Å². The Hall–Kier alpha value is -5.82. The number of hydrogen-bond acceptors (Lipinski definition) is 1. The van der Waals surface area contributed by atoms with Crippen molar-refractivity contribution in [2.45, 2.75) is 0 Å². The molecule has 0 saturated carbocycles. The van der Waals surface area contributed by atoms with Gasteiger partial charge in [-0.1, -0.05) is 42.5 Å². The van der Waals surface area contributed by atoms with Crippen LogP contribution in [-0.4, -0.2) is 24.5 Å². The predicted molar refractivity (Wildman–Crippen MR) is 230 cm³/mol. The zero-order valence-electron chi connectivity index (χ0n) is 28.6. The molecule has 0 spiro atoms. The van der Waals surface area contributed by atoms with E-state index in [2.05, 4.69) is 208 Å². The van der Waals surface area contributed by atoms with Crippen molar-refractivity contribution >= 4 is 107 Å². The Kier molecular flexibility index (Phi) is 6.88. The van der Waals surface area contributed by atoms with Crippen LogP contribution in [0.3, 0.4) is 0 Å². The molecule has 248 valence electrons. The first-order valence-corrected chi connectivity index (χ1v) is 22.0. The van der Waals surface area contributed by atoms with E-state index in [0.29, 0.717) is 0 Å². The fourth-order valence-corrected chi connectivity index (χ4v) is 13.5. The third kappa shape index (κ3) is 4.59. The molecule has 4 heteroatoms. The van der Waals surface area contributed by atoms with E-state index in [9.17, 15) is 0 Å². The van der Waals surface area contributed by atoms with Crippen molar-refractivity contribution in [3.05, 3.63) is 188 Å². The van der Waals surface area contributed by atoms with Gasteiger partial charge in [0, 0.05) is 0 Å². The molecule has 11 rings (SSSR count). The first kappa shape index (κ1) is 30.8. The summed E-state index contributed by atoms with van der Waals surface area (Å²) in [5.41, 5.74) is 4.55. The summed E-state index contributed by atoms with van der Waals surface area (Å²) in [6.45, 7) is 0. The standard InChI is InChI=1S/C49H31N2PSe/c53-52(35-15-3-1-4-16-35,36-17-5-2-6-18-36)37-25-28-46-44(31-37)48-39-20-10-7-13-32(39)23-26-42(48)49-50-45-27-24-34(30-47(45)51(46)49)43-29-33-14-8-9-19-38(33)40-21-11-12-22-41(40)43/h1-31H. The normalized spacial score (nSPS) is 12.2. The molecule has 0 fully saturated rings. The van der Waals surface area contributed by atoms with E-state index < -0.39 is 5.51 Å². The molecule has 0 atom stereocenters. The van der Waals surface area contributed by atoms with Crippen LogP contribution in [0.15, 0.2) is 188 Å². The van der Waals surface area contributed by atoms with E-state index in [4.69, 9.17) is 4.98 Å². The molecule has 0 aliphatic heterocycles. The number of aromatic nitrogens is 2. The maximum absolute atomic E-state index is 5.38. The summed E-state index contributed by atoms with van der Waals surface area (Å²) in [5.74, 6) is 0. The van der Waals surface area contributed by atoms with Gasteiger partial charge in [-0.15, -0.1) is 0 Å². The van der Waals surface area contributed by atoms with Crippen molar-refractivity contribution in [1.29, 1.82) is 0 Å². The van der Waals surface area contributed by atoms with E-state index in [1.165, 1.54) is 70.1 Å². The second-order valence-corrected chi connectivity index (χ2v) is 20.1. The van der Waals surface area contributed by atoms with Crippen LogP contribution in [-0.2, 0) is 0 Å². The maximum atomic E-state index is 5.38. The average molecular weight is 758 g/mol. The van der Waals surface area contributed by atoms with Gasteiger partial charge in [-0.05, 0) is 5.39 Å². The van der Waals surface area contributed by atoms with Crippen LogP contribution in [0.25, 0.3) is 81.8 Å². The molecule has 0 bridgehead atoms. The van der Waals surface area contributed by atoms with Crippen LogP contribution in [0, 0.1) is 0 Å². The van der Waals surface area contributed by atoms with Gasteiger partial charge in [0.15, 0.2) is 0 Å².